The zero-order valence-corrected chi connectivity index (χ0v) is 17.4. The first-order valence-corrected chi connectivity index (χ1v) is 9.98. The van der Waals surface area contributed by atoms with Crippen LogP contribution in [-0.2, 0) is 0 Å². The number of ether oxygens (including phenoxy) is 1. The average Bonchev–Trinajstić information content (AvgIpc) is 3.20. The monoisotopic (exact) mass is 433 g/mol. The highest BCUT2D eigenvalue weighted by Gasteiger charge is 2.14. The number of amides is 1. The Balaban J connectivity index is 1.47. The molecule has 7 nitrogen and oxygen atoms in total. The molecule has 4 rings (SSSR count). The fraction of sp³-hybridized carbons (Fsp3) is 0.0870. The number of hydrogen-bond acceptors (Lipinski definition) is 6. The molecule has 1 heterocycles. The summed E-state index contributed by atoms with van der Waals surface area (Å²) in [7, 11) is 0. The van der Waals surface area contributed by atoms with Gasteiger partial charge in [-0.05, 0) is 73.7 Å². The summed E-state index contributed by atoms with van der Waals surface area (Å²) in [5.41, 5.74) is 2.72. The first-order valence-electron chi connectivity index (χ1n) is 9.57. The van der Waals surface area contributed by atoms with E-state index in [-0.39, 0.29) is 22.7 Å². The van der Waals surface area contributed by atoms with Crippen LogP contribution in [0.25, 0.3) is 22.6 Å². The van der Waals surface area contributed by atoms with Crippen molar-refractivity contribution in [3.63, 3.8) is 0 Å². The number of carbonyl (C=O) groups is 1. The second kappa shape index (κ2) is 8.85. The van der Waals surface area contributed by atoms with E-state index in [1.54, 1.807) is 42.5 Å². The van der Waals surface area contributed by atoms with Gasteiger partial charge in [-0.15, -0.1) is 0 Å². The van der Waals surface area contributed by atoms with E-state index < -0.39 is 0 Å². The third-order valence-corrected chi connectivity index (χ3v) is 4.64. The molecule has 0 radical (unpaired) electrons. The Morgan fingerprint density at radius 1 is 1.13 bits per heavy atom. The Morgan fingerprint density at radius 3 is 2.65 bits per heavy atom. The SMILES string of the molecule is CCOc1ccc(C(=O)NC(=S)Nc2ccc(O)c(-c3nc4ccccc4o3)c2)cc1. The third-order valence-electron chi connectivity index (χ3n) is 4.43. The summed E-state index contributed by atoms with van der Waals surface area (Å²) in [4.78, 5) is 16.8. The standard InChI is InChI=1S/C23H19N3O4S/c1-2-29-16-10-7-14(8-11-16)21(28)26-23(31)24-15-9-12-19(27)17(13-15)22-25-18-5-3-4-6-20(18)30-22/h3-13,27H,2H2,1H3,(H2,24,26,28,31). The van der Waals surface area contributed by atoms with E-state index in [1.165, 1.54) is 6.07 Å². The molecule has 0 aliphatic heterocycles. The van der Waals surface area contributed by atoms with Crippen molar-refractivity contribution >= 4 is 40.0 Å². The second-order valence-corrected chi connectivity index (χ2v) is 6.99. The number of aromatic hydroxyl groups is 1. The van der Waals surface area contributed by atoms with Crippen LogP contribution in [0.3, 0.4) is 0 Å². The van der Waals surface area contributed by atoms with E-state index in [1.807, 2.05) is 25.1 Å². The van der Waals surface area contributed by atoms with Crippen LogP contribution in [0.1, 0.15) is 17.3 Å². The van der Waals surface area contributed by atoms with Gasteiger partial charge >= 0.3 is 0 Å². The summed E-state index contributed by atoms with van der Waals surface area (Å²) < 4.78 is 11.1. The minimum Gasteiger partial charge on any atom is -0.507 e. The zero-order chi connectivity index (χ0) is 21.8. The molecule has 0 spiro atoms. The lowest BCUT2D eigenvalue weighted by atomic mass is 10.1. The molecule has 0 aliphatic rings. The van der Waals surface area contributed by atoms with Crippen LogP contribution in [0, 0.1) is 0 Å². The van der Waals surface area contributed by atoms with Crippen molar-refractivity contribution in [1.29, 1.82) is 0 Å². The van der Waals surface area contributed by atoms with E-state index in [0.29, 0.717) is 40.3 Å². The summed E-state index contributed by atoms with van der Waals surface area (Å²) in [5.74, 6) is 0.641. The number of para-hydroxylation sites is 2. The number of anilines is 1. The van der Waals surface area contributed by atoms with Gasteiger partial charge < -0.3 is 19.6 Å². The van der Waals surface area contributed by atoms with Crippen LogP contribution in [0.4, 0.5) is 5.69 Å². The summed E-state index contributed by atoms with van der Waals surface area (Å²) in [6.45, 7) is 2.45. The number of phenolic OH excluding ortho intramolecular Hbond substituents is 1. The van der Waals surface area contributed by atoms with Crippen LogP contribution in [0.15, 0.2) is 71.1 Å². The Kier molecular flexibility index (Phi) is 5.81. The molecule has 4 aromatic rings. The molecule has 3 N–H and O–H groups in total. The lowest BCUT2D eigenvalue weighted by Gasteiger charge is -2.11. The zero-order valence-electron chi connectivity index (χ0n) is 16.6. The van der Waals surface area contributed by atoms with Gasteiger partial charge in [0, 0.05) is 11.3 Å². The van der Waals surface area contributed by atoms with E-state index >= 15 is 0 Å². The van der Waals surface area contributed by atoms with Crippen molar-refractivity contribution in [1.82, 2.24) is 10.3 Å². The number of phenols is 1. The third kappa shape index (κ3) is 4.65. The van der Waals surface area contributed by atoms with Crippen LogP contribution in [0.5, 0.6) is 11.5 Å². The molecule has 0 fully saturated rings. The molecule has 0 atom stereocenters. The van der Waals surface area contributed by atoms with Crippen LogP contribution in [0.2, 0.25) is 0 Å². The molecule has 156 valence electrons. The van der Waals surface area contributed by atoms with Gasteiger partial charge in [-0.2, -0.15) is 0 Å². The van der Waals surface area contributed by atoms with E-state index in [4.69, 9.17) is 21.4 Å². The molecular formula is C23H19N3O4S. The normalized spacial score (nSPS) is 10.6. The molecule has 0 unspecified atom stereocenters. The highest BCUT2D eigenvalue weighted by molar-refractivity contribution is 7.80. The van der Waals surface area contributed by atoms with Gasteiger partial charge in [0.25, 0.3) is 5.91 Å². The number of nitrogens with zero attached hydrogens (tertiary/aromatic N) is 1. The maximum absolute atomic E-state index is 12.4. The number of benzene rings is 3. The first kappa shape index (κ1) is 20.4. The fourth-order valence-electron chi connectivity index (χ4n) is 2.98. The van der Waals surface area contributed by atoms with Gasteiger partial charge in [-0.1, -0.05) is 12.1 Å². The van der Waals surface area contributed by atoms with Gasteiger partial charge in [-0.25, -0.2) is 4.98 Å². The van der Waals surface area contributed by atoms with Gasteiger partial charge in [0.15, 0.2) is 10.7 Å². The molecule has 8 heteroatoms. The quantitative estimate of drug-likeness (QED) is 0.309. The highest BCUT2D eigenvalue weighted by atomic mass is 32.1. The lowest BCUT2D eigenvalue weighted by molar-refractivity contribution is 0.0977. The second-order valence-electron chi connectivity index (χ2n) is 6.58. The van der Waals surface area contributed by atoms with Crippen LogP contribution < -0.4 is 15.4 Å². The number of aromatic nitrogens is 1. The topological polar surface area (TPSA) is 96.6 Å². The van der Waals surface area contributed by atoms with E-state index in [0.717, 1.165) is 0 Å². The Labute approximate surface area is 183 Å². The van der Waals surface area contributed by atoms with Crippen LogP contribution >= 0.6 is 12.2 Å². The molecule has 3 aromatic carbocycles. The number of thiocarbonyl (C=S) groups is 1. The first-order chi connectivity index (χ1) is 15.0. The van der Waals surface area contributed by atoms with Crippen molar-refractivity contribution in [2.24, 2.45) is 0 Å². The number of carbonyl (C=O) groups excluding carboxylic acids is 1. The number of hydrogen-bond donors (Lipinski definition) is 3. The van der Waals surface area contributed by atoms with Crippen molar-refractivity contribution < 1.29 is 19.1 Å². The van der Waals surface area contributed by atoms with Crippen LogP contribution in [-0.4, -0.2) is 27.7 Å². The number of fused-ring (bicyclic) bond motifs is 1. The lowest BCUT2D eigenvalue weighted by Crippen LogP contribution is -2.34. The maximum Gasteiger partial charge on any atom is 0.257 e. The minimum atomic E-state index is -0.349. The summed E-state index contributed by atoms with van der Waals surface area (Å²) in [6, 6.07) is 18.9. The largest absolute Gasteiger partial charge is 0.507 e. The van der Waals surface area contributed by atoms with Gasteiger partial charge in [-0.3, -0.25) is 10.1 Å². The van der Waals surface area contributed by atoms with E-state index in [9.17, 15) is 9.90 Å². The fourth-order valence-corrected chi connectivity index (χ4v) is 3.19. The van der Waals surface area contributed by atoms with Gasteiger partial charge in [0.1, 0.15) is 17.0 Å². The van der Waals surface area contributed by atoms with E-state index in [2.05, 4.69) is 15.6 Å². The molecule has 0 bridgehead atoms. The molecule has 0 saturated carbocycles. The summed E-state index contributed by atoms with van der Waals surface area (Å²) >= 11 is 5.26. The van der Waals surface area contributed by atoms with Crippen molar-refractivity contribution in [3.05, 3.63) is 72.3 Å². The Bertz CT molecular complexity index is 1220. The molecule has 1 aromatic heterocycles. The summed E-state index contributed by atoms with van der Waals surface area (Å²) in [6.07, 6.45) is 0. The smallest absolute Gasteiger partial charge is 0.257 e. The van der Waals surface area contributed by atoms with Crippen molar-refractivity contribution in [3.8, 4) is 23.0 Å². The Morgan fingerprint density at radius 2 is 1.90 bits per heavy atom. The molecule has 1 amide bonds. The van der Waals surface area contributed by atoms with Crippen molar-refractivity contribution in [2.75, 3.05) is 11.9 Å². The van der Waals surface area contributed by atoms with Gasteiger partial charge in [0.05, 0.1) is 12.2 Å². The van der Waals surface area contributed by atoms with Crippen molar-refractivity contribution in [2.45, 2.75) is 6.92 Å². The highest BCUT2D eigenvalue weighted by Crippen LogP contribution is 2.33. The summed E-state index contributed by atoms with van der Waals surface area (Å²) in [5, 5.41) is 16.0. The molecular weight excluding hydrogens is 414 g/mol. The number of nitrogens with one attached hydrogen (secondary N) is 2. The minimum absolute atomic E-state index is 0.0152. The molecule has 0 aliphatic carbocycles. The van der Waals surface area contributed by atoms with Gasteiger partial charge in [0.2, 0.25) is 5.89 Å². The predicted molar refractivity (Wildman–Crippen MR) is 122 cm³/mol. The Hall–Kier alpha value is -3.91. The predicted octanol–water partition coefficient (Wildman–Crippen LogP) is 4.73. The number of oxazole rings is 1. The molecule has 0 saturated heterocycles. The number of rotatable bonds is 5. The molecule has 31 heavy (non-hydrogen) atoms. The maximum atomic E-state index is 12.4. The average molecular weight is 433 g/mol.